The molecule has 1 N–H and O–H groups in total. The number of carbonyl (C=O) groups is 1. The van der Waals surface area contributed by atoms with Crippen molar-refractivity contribution in [3.63, 3.8) is 0 Å². The Bertz CT molecular complexity index is 1170. The van der Waals surface area contributed by atoms with Gasteiger partial charge in [0.1, 0.15) is 5.82 Å². The quantitative estimate of drug-likeness (QED) is 0.608. The number of aromatic nitrogens is 3. The van der Waals surface area contributed by atoms with Crippen molar-refractivity contribution in [2.24, 2.45) is 5.92 Å². The van der Waals surface area contributed by atoms with Gasteiger partial charge < -0.3 is 5.32 Å². The van der Waals surface area contributed by atoms with Crippen LogP contribution >= 0.6 is 0 Å². The van der Waals surface area contributed by atoms with Crippen LogP contribution in [0.2, 0.25) is 0 Å². The number of sulfonamides is 1. The Balaban J connectivity index is 1.25. The van der Waals surface area contributed by atoms with E-state index in [9.17, 15) is 13.2 Å². The number of pyridine rings is 1. The van der Waals surface area contributed by atoms with Gasteiger partial charge in [0.2, 0.25) is 15.9 Å². The summed E-state index contributed by atoms with van der Waals surface area (Å²) in [6.45, 7) is 1.15. The van der Waals surface area contributed by atoms with Crippen molar-refractivity contribution in [1.82, 2.24) is 24.2 Å². The third-order valence-corrected chi connectivity index (χ3v) is 7.01. The highest BCUT2D eigenvalue weighted by molar-refractivity contribution is 7.92. The van der Waals surface area contributed by atoms with Gasteiger partial charge in [-0.3, -0.25) is 9.20 Å². The molecule has 4 rings (SSSR count). The normalized spacial score (nSPS) is 16.1. The summed E-state index contributed by atoms with van der Waals surface area (Å²) in [6, 6.07) is 15.0. The molecule has 3 heterocycles. The number of hydrogen-bond acceptors (Lipinski definition) is 5. The topological polar surface area (TPSA) is 96.7 Å². The number of rotatable bonds is 7. The van der Waals surface area contributed by atoms with Crippen LogP contribution in [0.1, 0.15) is 24.2 Å². The molecule has 8 nitrogen and oxygen atoms in total. The fourth-order valence-corrected chi connectivity index (χ4v) is 4.91. The molecule has 1 aliphatic heterocycles. The summed E-state index contributed by atoms with van der Waals surface area (Å²) in [5.41, 5.74) is 1.61. The Morgan fingerprint density at radius 3 is 2.58 bits per heavy atom. The second-order valence-corrected chi connectivity index (χ2v) is 9.34. The van der Waals surface area contributed by atoms with Crippen LogP contribution in [0.5, 0.6) is 0 Å². The van der Waals surface area contributed by atoms with Crippen LogP contribution in [0.15, 0.2) is 60.1 Å². The van der Waals surface area contributed by atoms with Crippen molar-refractivity contribution in [3.05, 3.63) is 71.5 Å². The first kappa shape index (κ1) is 21.2. The average molecular weight is 440 g/mol. The predicted octanol–water partition coefficient (Wildman–Crippen LogP) is 2.10. The molecule has 0 spiro atoms. The minimum Gasteiger partial charge on any atom is -0.355 e. The maximum absolute atomic E-state index is 12.6. The molecule has 1 saturated heterocycles. The Hall–Kier alpha value is -3.04. The highest BCUT2D eigenvalue weighted by Gasteiger charge is 2.29. The van der Waals surface area contributed by atoms with Gasteiger partial charge in [-0.2, -0.15) is 4.31 Å². The SMILES string of the molecule is O=C(NCCc1nnc2ccccn12)C1CCN(S(=O)(=O)/C=C/c2ccccc2)CC1. The van der Waals surface area contributed by atoms with Crippen LogP contribution in [0.25, 0.3) is 11.7 Å². The summed E-state index contributed by atoms with van der Waals surface area (Å²) in [4.78, 5) is 12.5. The summed E-state index contributed by atoms with van der Waals surface area (Å²) < 4.78 is 28.5. The maximum Gasteiger partial charge on any atom is 0.236 e. The van der Waals surface area contributed by atoms with Crippen molar-refractivity contribution in [2.45, 2.75) is 19.3 Å². The molecule has 1 fully saturated rings. The Kier molecular flexibility index (Phi) is 6.43. The van der Waals surface area contributed by atoms with E-state index in [0.717, 1.165) is 17.0 Å². The third kappa shape index (κ3) is 5.18. The Labute approximate surface area is 181 Å². The fourth-order valence-electron chi connectivity index (χ4n) is 3.69. The van der Waals surface area contributed by atoms with Crippen molar-refractivity contribution >= 4 is 27.7 Å². The first-order chi connectivity index (χ1) is 15.0. The highest BCUT2D eigenvalue weighted by atomic mass is 32.2. The Morgan fingerprint density at radius 2 is 1.81 bits per heavy atom. The van der Waals surface area contributed by atoms with E-state index in [1.807, 2.05) is 59.1 Å². The second kappa shape index (κ2) is 9.40. The molecule has 3 aromatic rings. The van der Waals surface area contributed by atoms with Crippen LogP contribution in [-0.4, -0.2) is 52.9 Å². The number of nitrogens with zero attached hydrogens (tertiary/aromatic N) is 4. The lowest BCUT2D eigenvalue weighted by atomic mass is 9.97. The minimum absolute atomic E-state index is 0.0364. The van der Waals surface area contributed by atoms with Crippen LogP contribution < -0.4 is 5.32 Å². The molecule has 2 aromatic heterocycles. The number of piperidine rings is 1. The van der Waals surface area contributed by atoms with Gasteiger partial charge in [-0.15, -0.1) is 10.2 Å². The van der Waals surface area contributed by atoms with Crippen LogP contribution in [0.3, 0.4) is 0 Å². The van der Waals surface area contributed by atoms with E-state index in [1.165, 1.54) is 9.71 Å². The van der Waals surface area contributed by atoms with Gasteiger partial charge in [0.05, 0.1) is 0 Å². The van der Waals surface area contributed by atoms with E-state index in [1.54, 1.807) is 6.08 Å². The number of fused-ring (bicyclic) bond motifs is 1. The monoisotopic (exact) mass is 439 g/mol. The molecule has 0 aliphatic carbocycles. The second-order valence-electron chi connectivity index (χ2n) is 7.52. The van der Waals surface area contributed by atoms with Crippen LogP contribution in [0.4, 0.5) is 0 Å². The molecule has 0 radical (unpaired) electrons. The van der Waals surface area contributed by atoms with Gasteiger partial charge >= 0.3 is 0 Å². The summed E-state index contributed by atoms with van der Waals surface area (Å²) in [7, 11) is -3.49. The Morgan fingerprint density at radius 1 is 1.06 bits per heavy atom. The van der Waals surface area contributed by atoms with E-state index in [4.69, 9.17) is 0 Å². The largest absolute Gasteiger partial charge is 0.355 e. The zero-order valence-corrected chi connectivity index (χ0v) is 17.9. The molecule has 9 heteroatoms. The smallest absolute Gasteiger partial charge is 0.236 e. The fraction of sp³-hybridized carbons (Fsp3) is 0.318. The number of hydrogen-bond donors (Lipinski definition) is 1. The van der Waals surface area contributed by atoms with E-state index in [2.05, 4.69) is 15.5 Å². The standard InChI is InChI=1S/C22H25N5O3S/c28-22(23-13-9-21-25-24-20-8-4-5-14-27(20)21)19-10-15-26(16-11-19)31(29,30)17-12-18-6-2-1-3-7-18/h1-8,12,14,17,19H,9-11,13,15-16H2,(H,23,28)/b17-12+. The number of amides is 1. The molecular weight excluding hydrogens is 414 g/mol. The van der Waals surface area contributed by atoms with Crippen molar-refractivity contribution in [3.8, 4) is 0 Å². The molecule has 0 saturated carbocycles. The lowest BCUT2D eigenvalue weighted by Gasteiger charge is -2.29. The van der Waals surface area contributed by atoms with Crippen LogP contribution in [0, 0.1) is 5.92 Å². The molecule has 1 amide bonds. The number of nitrogens with one attached hydrogen (secondary N) is 1. The summed E-state index contributed by atoms with van der Waals surface area (Å²) in [5, 5.41) is 12.5. The van der Waals surface area contributed by atoms with Gasteiger partial charge in [0, 0.05) is 43.6 Å². The van der Waals surface area contributed by atoms with Gasteiger partial charge in [-0.05, 0) is 36.6 Å². The molecule has 0 bridgehead atoms. The summed E-state index contributed by atoms with van der Waals surface area (Å²) in [5.74, 6) is 0.576. The van der Waals surface area contributed by atoms with E-state index in [0.29, 0.717) is 38.9 Å². The zero-order chi connectivity index (χ0) is 21.7. The summed E-state index contributed by atoms with van der Waals surface area (Å²) in [6.07, 6.45) is 5.10. The lowest BCUT2D eigenvalue weighted by Crippen LogP contribution is -2.42. The average Bonchev–Trinajstić information content (AvgIpc) is 3.22. The third-order valence-electron chi connectivity index (χ3n) is 5.45. The molecule has 31 heavy (non-hydrogen) atoms. The van der Waals surface area contributed by atoms with Gasteiger partial charge in [0.15, 0.2) is 5.65 Å². The molecule has 1 aliphatic rings. The minimum atomic E-state index is -3.49. The van der Waals surface area contributed by atoms with E-state index >= 15 is 0 Å². The van der Waals surface area contributed by atoms with Crippen molar-refractivity contribution < 1.29 is 13.2 Å². The molecular formula is C22H25N5O3S. The van der Waals surface area contributed by atoms with Gasteiger partial charge in [-0.25, -0.2) is 8.42 Å². The molecule has 162 valence electrons. The lowest BCUT2D eigenvalue weighted by molar-refractivity contribution is -0.126. The van der Waals surface area contributed by atoms with E-state index < -0.39 is 10.0 Å². The molecule has 0 atom stereocenters. The van der Waals surface area contributed by atoms with E-state index in [-0.39, 0.29) is 11.8 Å². The van der Waals surface area contributed by atoms with Gasteiger partial charge in [0.25, 0.3) is 0 Å². The van der Waals surface area contributed by atoms with Crippen LogP contribution in [-0.2, 0) is 21.2 Å². The number of carbonyl (C=O) groups excluding carboxylic acids is 1. The van der Waals surface area contributed by atoms with Gasteiger partial charge in [-0.1, -0.05) is 36.4 Å². The van der Waals surface area contributed by atoms with Crippen molar-refractivity contribution in [1.29, 1.82) is 0 Å². The first-order valence-corrected chi connectivity index (χ1v) is 11.8. The number of benzene rings is 1. The highest BCUT2D eigenvalue weighted by Crippen LogP contribution is 2.21. The summed E-state index contributed by atoms with van der Waals surface area (Å²) >= 11 is 0. The molecule has 0 unspecified atom stereocenters. The maximum atomic E-state index is 12.6. The molecule has 1 aromatic carbocycles. The first-order valence-electron chi connectivity index (χ1n) is 10.3. The van der Waals surface area contributed by atoms with Crippen molar-refractivity contribution in [2.75, 3.05) is 19.6 Å². The predicted molar refractivity (Wildman–Crippen MR) is 118 cm³/mol. The zero-order valence-electron chi connectivity index (χ0n) is 17.1.